The number of aromatic nitrogens is 1. The van der Waals surface area contributed by atoms with Crippen LogP contribution >= 0.6 is 0 Å². The van der Waals surface area contributed by atoms with E-state index in [0.29, 0.717) is 30.7 Å². The first-order valence-electron chi connectivity index (χ1n) is 8.32. The SMILES string of the molecule is COc1ncc(F)cc1CN1C[C@H]2C[C@@H](NC(C)=O)[C@H](O)C[C@H]2C1. The molecule has 0 bridgehead atoms. The van der Waals surface area contributed by atoms with Crippen molar-refractivity contribution < 1.29 is 19.0 Å². The van der Waals surface area contributed by atoms with Gasteiger partial charge < -0.3 is 15.2 Å². The molecule has 2 N–H and O–H groups in total. The number of amides is 1. The maximum absolute atomic E-state index is 13.5. The molecule has 4 atom stereocenters. The predicted molar refractivity (Wildman–Crippen MR) is 85.8 cm³/mol. The van der Waals surface area contributed by atoms with Gasteiger partial charge in [-0.25, -0.2) is 9.37 Å². The van der Waals surface area contributed by atoms with E-state index < -0.39 is 6.10 Å². The first-order valence-corrected chi connectivity index (χ1v) is 8.32. The molecule has 1 aliphatic heterocycles. The number of carbonyl (C=O) groups is 1. The molecule has 7 heteroatoms. The fourth-order valence-corrected chi connectivity index (χ4v) is 4.08. The number of likely N-dealkylation sites (tertiary alicyclic amines) is 1. The molecule has 1 saturated carbocycles. The molecule has 2 heterocycles. The van der Waals surface area contributed by atoms with Crippen LogP contribution in [0.1, 0.15) is 25.3 Å². The molecule has 0 radical (unpaired) electrons. The minimum absolute atomic E-state index is 0.108. The third-order valence-electron chi connectivity index (χ3n) is 5.09. The topological polar surface area (TPSA) is 74.7 Å². The van der Waals surface area contributed by atoms with Crippen LogP contribution in [0.3, 0.4) is 0 Å². The second kappa shape index (κ2) is 7.03. The summed E-state index contributed by atoms with van der Waals surface area (Å²) >= 11 is 0. The van der Waals surface area contributed by atoms with Gasteiger partial charge in [-0.3, -0.25) is 9.69 Å². The largest absolute Gasteiger partial charge is 0.481 e. The lowest BCUT2D eigenvalue weighted by Gasteiger charge is -2.35. The van der Waals surface area contributed by atoms with Gasteiger partial charge in [-0.15, -0.1) is 0 Å². The van der Waals surface area contributed by atoms with Crippen molar-refractivity contribution in [1.82, 2.24) is 15.2 Å². The van der Waals surface area contributed by atoms with E-state index in [0.717, 1.165) is 31.3 Å². The number of hydrogen-bond donors (Lipinski definition) is 2. The van der Waals surface area contributed by atoms with Crippen molar-refractivity contribution in [3.63, 3.8) is 0 Å². The normalized spacial score (nSPS) is 30.0. The minimum Gasteiger partial charge on any atom is -0.481 e. The number of aliphatic hydroxyl groups excluding tert-OH is 1. The zero-order valence-corrected chi connectivity index (χ0v) is 14.0. The van der Waals surface area contributed by atoms with Gasteiger partial charge in [0, 0.05) is 32.1 Å². The summed E-state index contributed by atoms with van der Waals surface area (Å²) in [6, 6.07) is 1.29. The molecule has 132 valence electrons. The van der Waals surface area contributed by atoms with Crippen molar-refractivity contribution in [1.29, 1.82) is 0 Å². The molecule has 1 aromatic rings. The standard InChI is InChI=1S/C17H24FN3O3/c1-10(22)20-15-4-11-7-21(8-12(11)5-16(15)23)9-13-3-14(18)6-19-17(13)24-2/h3,6,11-12,15-16,23H,4-5,7-9H2,1-2H3,(H,20,22)/t11-,12+,15-,16-/m1/s1. The van der Waals surface area contributed by atoms with Crippen LogP contribution in [0.2, 0.25) is 0 Å². The molecular formula is C17H24FN3O3. The van der Waals surface area contributed by atoms with Gasteiger partial charge in [0.05, 0.1) is 25.5 Å². The monoisotopic (exact) mass is 337 g/mol. The van der Waals surface area contributed by atoms with Gasteiger partial charge in [-0.1, -0.05) is 0 Å². The molecule has 1 aliphatic carbocycles. The molecule has 0 spiro atoms. The number of methoxy groups -OCH3 is 1. The number of aliphatic hydroxyl groups is 1. The van der Waals surface area contributed by atoms with Crippen molar-refractivity contribution in [2.24, 2.45) is 11.8 Å². The molecular weight excluding hydrogens is 313 g/mol. The van der Waals surface area contributed by atoms with Crippen molar-refractivity contribution in [3.05, 3.63) is 23.6 Å². The maximum atomic E-state index is 13.5. The Bertz CT molecular complexity index is 613. The maximum Gasteiger partial charge on any atom is 0.217 e. The summed E-state index contributed by atoms with van der Waals surface area (Å²) < 4.78 is 18.7. The highest BCUT2D eigenvalue weighted by molar-refractivity contribution is 5.73. The second-order valence-corrected chi connectivity index (χ2v) is 6.88. The number of nitrogens with zero attached hydrogens (tertiary/aromatic N) is 2. The minimum atomic E-state index is -0.500. The Hall–Kier alpha value is -1.73. The van der Waals surface area contributed by atoms with Crippen LogP contribution in [0.25, 0.3) is 0 Å². The molecule has 0 unspecified atom stereocenters. The molecule has 3 rings (SSSR count). The van der Waals surface area contributed by atoms with E-state index in [9.17, 15) is 14.3 Å². The Kier molecular flexibility index (Phi) is 5.01. The number of nitrogens with one attached hydrogen (secondary N) is 1. The van der Waals surface area contributed by atoms with Crippen LogP contribution in [-0.4, -0.2) is 53.2 Å². The summed E-state index contributed by atoms with van der Waals surface area (Å²) in [6.07, 6.45) is 2.12. The number of halogens is 1. The Morgan fingerprint density at radius 1 is 1.46 bits per heavy atom. The zero-order chi connectivity index (χ0) is 17.3. The summed E-state index contributed by atoms with van der Waals surface area (Å²) in [5, 5.41) is 13.1. The third-order valence-corrected chi connectivity index (χ3v) is 5.09. The Balaban J connectivity index is 1.65. The summed E-state index contributed by atoms with van der Waals surface area (Å²) in [4.78, 5) is 17.5. The van der Waals surface area contributed by atoms with E-state index in [2.05, 4.69) is 15.2 Å². The van der Waals surface area contributed by atoms with Crippen molar-refractivity contribution in [3.8, 4) is 5.88 Å². The number of carbonyl (C=O) groups excluding carboxylic acids is 1. The van der Waals surface area contributed by atoms with Gasteiger partial charge in [0.1, 0.15) is 5.82 Å². The fourth-order valence-electron chi connectivity index (χ4n) is 4.08. The summed E-state index contributed by atoms with van der Waals surface area (Å²) in [5.41, 5.74) is 0.732. The van der Waals surface area contributed by atoms with Crippen LogP contribution in [-0.2, 0) is 11.3 Å². The molecule has 2 fully saturated rings. The van der Waals surface area contributed by atoms with Gasteiger partial charge in [0.15, 0.2) is 0 Å². The van der Waals surface area contributed by atoms with Crippen LogP contribution in [0.5, 0.6) is 5.88 Å². The van der Waals surface area contributed by atoms with E-state index in [1.165, 1.54) is 20.1 Å². The van der Waals surface area contributed by atoms with Crippen LogP contribution in [0, 0.1) is 17.7 Å². The smallest absolute Gasteiger partial charge is 0.217 e. The lowest BCUT2D eigenvalue weighted by Crippen LogP contribution is -2.48. The Morgan fingerprint density at radius 3 is 2.83 bits per heavy atom. The van der Waals surface area contributed by atoms with Crippen LogP contribution in [0.15, 0.2) is 12.3 Å². The number of pyridine rings is 1. The summed E-state index contributed by atoms with van der Waals surface area (Å²) in [7, 11) is 1.53. The first kappa shape index (κ1) is 17.1. The lowest BCUT2D eigenvalue weighted by atomic mass is 9.77. The van der Waals surface area contributed by atoms with Gasteiger partial charge in [0.2, 0.25) is 11.8 Å². The number of hydrogen-bond acceptors (Lipinski definition) is 5. The van der Waals surface area contributed by atoms with E-state index in [4.69, 9.17) is 4.74 Å². The van der Waals surface area contributed by atoms with Gasteiger partial charge in [0.25, 0.3) is 0 Å². The van der Waals surface area contributed by atoms with Crippen molar-refractivity contribution in [2.75, 3.05) is 20.2 Å². The van der Waals surface area contributed by atoms with E-state index in [1.54, 1.807) is 0 Å². The molecule has 1 amide bonds. The fraction of sp³-hybridized carbons (Fsp3) is 0.647. The molecule has 24 heavy (non-hydrogen) atoms. The number of fused-ring (bicyclic) bond motifs is 1. The quantitative estimate of drug-likeness (QED) is 0.855. The highest BCUT2D eigenvalue weighted by Gasteiger charge is 2.41. The second-order valence-electron chi connectivity index (χ2n) is 6.88. The average molecular weight is 337 g/mol. The van der Waals surface area contributed by atoms with Gasteiger partial charge in [-0.2, -0.15) is 0 Å². The van der Waals surface area contributed by atoms with Crippen LogP contribution in [0.4, 0.5) is 4.39 Å². The molecule has 1 saturated heterocycles. The van der Waals surface area contributed by atoms with Crippen molar-refractivity contribution >= 4 is 5.91 Å². The molecule has 6 nitrogen and oxygen atoms in total. The Morgan fingerprint density at radius 2 is 2.17 bits per heavy atom. The molecule has 2 aliphatic rings. The van der Waals surface area contributed by atoms with E-state index in [1.807, 2.05) is 0 Å². The van der Waals surface area contributed by atoms with Gasteiger partial charge in [-0.05, 0) is 30.7 Å². The highest BCUT2D eigenvalue weighted by atomic mass is 19.1. The average Bonchev–Trinajstić information content (AvgIpc) is 2.88. The predicted octanol–water partition coefficient (Wildman–Crippen LogP) is 0.937. The molecule has 1 aromatic heterocycles. The zero-order valence-electron chi connectivity index (χ0n) is 14.0. The number of rotatable bonds is 4. The Labute approximate surface area is 141 Å². The summed E-state index contributed by atoms with van der Waals surface area (Å²) in [5.74, 6) is 0.796. The van der Waals surface area contributed by atoms with E-state index >= 15 is 0 Å². The lowest BCUT2D eigenvalue weighted by molar-refractivity contribution is -0.121. The van der Waals surface area contributed by atoms with Gasteiger partial charge >= 0.3 is 0 Å². The first-order chi connectivity index (χ1) is 11.5. The van der Waals surface area contributed by atoms with Crippen LogP contribution < -0.4 is 10.1 Å². The highest BCUT2D eigenvalue weighted by Crippen LogP contribution is 2.37. The number of ether oxygens (including phenoxy) is 1. The molecule has 0 aromatic carbocycles. The third kappa shape index (κ3) is 3.67. The summed E-state index contributed by atoms with van der Waals surface area (Å²) in [6.45, 7) is 3.77. The van der Waals surface area contributed by atoms with E-state index in [-0.39, 0.29) is 17.8 Å². The van der Waals surface area contributed by atoms with Crippen molar-refractivity contribution in [2.45, 2.75) is 38.5 Å².